The number of rotatable bonds is 2. The van der Waals surface area contributed by atoms with E-state index in [1.54, 1.807) is 0 Å². The van der Waals surface area contributed by atoms with Crippen LogP contribution in [-0.4, -0.2) is 33.7 Å². The van der Waals surface area contributed by atoms with Crippen molar-refractivity contribution in [2.24, 2.45) is 0 Å². The third-order valence-corrected chi connectivity index (χ3v) is 3.60. The van der Waals surface area contributed by atoms with Crippen LogP contribution in [0.1, 0.15) is 24.5 Å². The van der Waals surface area contributed by atoms with Crippen molar-refractivity contribution in [1.29, 1.82) is 0 Å². The molecule has 98 valence electrons. The van der Waals surface area contributed by atoms with E-state index in [1.165, 1.54) is 18.5 Å². The molecule has 1 fully saturated rings. The molecule has 0 saturated heterocycles. The lowest BCUT2D eigenvalue weighted by Gasteiger charge is -2.09. The second kappa shape index (κ2) is 3.59. The highest BCUT2D eigenvalue weighted by molar-refractivity contribution is 5.81. The Hall–Kier alpha value is -2.31. The Morgan fingerprint density at radius 2 is 2.21 bits per heavy atom. The number of fused-ring (bicyclic) bond motifs is 1. The zero-order valence-electron chi connectivity index (χ0n) is 10.6. The number of nitrogens with two attached hydrogens (primary N) is 1. The van der Waals surface area contributed by atoms with Gasteiger partial charge in [-0.15, -0.1) is 0 Å². The molecule has 4 rings (SSSR count). The average Bonchev–Trinajstić information content (AvgIpc) is 3.01. The molecule has 0 aromatic carbocycles. The van der Waals surface area contributed by atoms with E-state index in [-0.39, 0.29) is 0 Å². The zero-order valence-corrected chi connectivity index (χ0v) is 10.6. The number of imidazole rings is 1. The molecular formula is C12H15N7. The van der Waals surface area contributed by atoms with Gasteiger partial charge in [0.15, 0.2) is 23.3 Å². The van der Waals surface area contributed by atoms with Crippen molar-refractivity contribution >= 4 is 17.3 Å². The molecule has 1 aliphatic heterocycles. The van der Waals surface area contributed by atoms with Crippen molar-refractivity contribution in [3.05, 3.63) is 11.9 Å². The Kier molecular flexibility index (Phi) is 2.01. The molecule has 7 heteroatoms. The Bertz CT molecular complexity index is 644. The van der Waals surface area contributed by atoms with Gasteiger partial charge in [-0.05, 0) is 12.8 Å². The molecule has 2 aliphatic rings. The summed E-state index contributed by atoms with van der Waals surface area (Å²) in [7, 11) is 1.97. The fraction of sp³-hybridized carbons (Fsp3) is 0.417. The second-order valence-corrected chi connectivity index (χ2v) is 5.13. The van der Waals surface area contributed by atoms with Gasteiger partial charge < -0.3 is 20.9 Å². The molecule has 0 unspecified atom stereocenters. The SMILES string of the molecule is CN1CNc2c(N)nc(-c3ncc(C4CC4)[nH]3)nc21. The zero-order chi connectivity index (χ0) is 13.0. The van der Waals surface area contributed by atoms with Crippen LogP contribution >= 0.6 is 0 Å². The average molecular weight is 257 g/mol. The Morgan fingerprint density at radius 1 is 1.37 bits per heavy atom. The van der Waals surface area contributed by atoms with Crippen LogP contribution in [-0.2, 0) is 0 Å². The van der Waals surface area contributed by atoms with Crippen LogP contribution in [0.5, 0.6) is 0 Å². The molecular weight excluding hydrogens is 242 g/mol. The van der Waals surface area contributed by atoms with Gasteiger partial charge in [-0.2, -0.15) is 0 Å². The van der Waals surface area contributed by atoms with Crippen molar-refractivity contribution in [1.82, 2.24) is 19.9 Å². The maximum absolute atomic E-state index is 5.97. The standard InChI is InChI=1S/C12H15N7/c1-19-5-15-8-9(13)17-11(18-12(8)19)10-14-4-7(16-10)6-2-3-6/h4,6,15H,2-3,5H2,1H3,(H,14,16)(H2,13,17,18). The van der Waals surface area contributed by atoms with Gasteiger partial charge >= 0.3 is 0 Å². The topological polar surface area (TPSA) is 95.7 Å². The molecule has 1 saturated carbocycles. The van der Waals surface area contributed by atoms with Gasteiger partial charge in [0.25, 0.3) is 0 Å². The van der Waals surface area contributed by atoms with Crippen LogP contribution in [0.2, 0.25) is 0 Å². The molecule has 2 aromatic rings. The summed E-state index contributed by atoms with van der Waals surface area (Å²) in [5.41, 5.74) is 7.95. The smallest absolute Gasteiger partial charge is 0.199 e. The lowest BCUT2D eigenvalue weighted by atomic mass is 10.3. The van der Waals surface area contributed by atoms with Gasteiger partial charge in [-0.1, -0.05) is 0 Å². The number of nitrogens with zero attached hydrogens (tertiary/aromatic N) is 4. The fourth-order valence-corrected chi connectivity index (χ4v) is 2.34. The van der Waals surface area contributed by atoms with E-state index < -0.39 is 0 Å². The summed E-state index contributed by atoms with van der Waals surface area (Å²) in [6.45, 7) is 0.698. The molecule has 3 heterocycles. The highest BCUT2D eigenvalue weighted by Gasteiger charge is 2.27. The lowest BCUT2D eigenvalue weighted by Crippen LogP contribution is -2.16. The first-order valence-electron chi connectivity index (χ1n) is 6.40. The third kappa shape index (κ3) is 1.61. The van der Waals surface area contributed by atoms with E-state index in [2.05, 4.69) is 25.3 Å². The first-order chi connectivity index (χ1) is 9.22. The highest BCUT2D eigenvalue weighted by Crippen LogP contribution is 2.40. The van der Waals surface area contributed by atoms with Crippen LogP contribution in [0.4, 0.5) is 17.3 Å². The number of anilines is 3. The van der Waals surface area contributed by atoms with Crippen molar-refractivity contribution in [2.75, 3.05) is 29.7 Å². The van der Waals surface area contributed by atoms with Gasteiger partial charge in [0, 0.05) is 24.9 Å². The summed E-state index contributed by atoms with van der Waals surface area (Å²) in [4.78, 5) is 18.5. The third-order valence-electron chi connectivity index (χ3n) is 3.60. The molecule has 2 aromatic heterocycles. The number of hydrogen-bond acceptors (Lipinski definition) is 6. The van der Waals surface area contributed by atoms with E-state index in [4.69, 9.17) is 5.73 Å². The highest BCUT2D eigenvalue weighted by atomic mass is 15.3. The number of aromatic nitrogens is 4. The molecule has 0 radical (unpaired) electrons. The van der Waals surface area contributed by atoms with Crippen LogP contribution in [0.15, 0.2) is 6.20 Å². The normalized spacial score (nSPS) is 17.4. The second-order valence-electron chi connectivity index (χ2n) is 5.13. The minimum atomic E-state index is 0.466. The maximum Gasteiger partial charge on any atom is 0.199 e. The Balaban J connectivity index is 1.78. The molecule has 0 amide bonds. The molecule has 19 heavy (non-hydrogen) atoms. The van der Waals surface area contributed by atoms with Crippen LogP contribution in [0.3, 0.4) is 0 Å². The summed E-state index contributed by atoms with van der Waals surface area (Å²) in [6, 6.07) is 0. The van der Waals surface area contributed by atoms with Crippen molar-refractivity contribution in [3.63, 3.8) is 0 Å². The number of nitrogen functional groups attached to an aromatic ring is 1. The largest absolute Gasteiger partial charge is 0.382 e. The minimum Gasteiger partial charge on any atom is -0.382 e. The lowest BCUT2D eigenvalue weighted by molar-refractivity contribution is 0.997. The fourth-order valence-electron chi connectivity index (χ4n) is 2.34. The van der Waals surface area contributed by atoms with Gasteiger partial charge in [0.2, 0.25) is 0 Å². The van der Waals surface area contributed by atoms with Gasteiger partial charge in [-0.3, -0.25) is 0 Å². The number of nitrogens with one attached hydrogen (secondary N) is 2. The van der Waals surface area contributed by atoms with Gasteiger partial charge in [0.05, 0.1) is 6.67 Å². The van der Waals surface area contributed by atoms with E-state index in [9.17, 15) is 0 Å². The quantitative estimate of drug-likeness (QED) is 0.746. The monoisotopic (exact) mass is 257 g/mol. The molecule has 4 N–H and O–H groups in total. The van der Waals surface area contributed by atoms with Crippen LogP contribution in [0.25, 0.3) is 11.6 Å². The first-order valence-corrected chi connectivity index (χ1v) is 6.40. The van der Waals surface area contributed by atoms with Crippen molar-refractivity contribution in [2.45, 2.75) is 18.8 Å². The minimum absolute atomic E-state index is 0.466. The summed E-state index contributed by atoms with van der Waals surface area (Å²) in [5.74, 6) is 3.17. The van der Waals surface area contributed by atoms with Crippen molar-refractivity contribution < 1.29 is 0 Å². The summed E-state index contributed by atoms with van der Waals surface area (Å²) in [6.07, 6.45) is 4.35. The number of hydrogen-bond donors (Lipinski definition) is 3. The number of aromatic amines is 1. The molecule has 0 atom stereocenters. The molecule has 0 bridgehead atoms. The molecule has 1 aliphatic carbocycles. The first kappa shape index (κ1) is 10.6. The van der Waals surface area contributed by atoms with E-state index in [0.29, 0.717) is 30.1 Å². The van der Waals surface area contributed by atoms with Crippen LogP contribution in [0, 0.1) is 0 Å². The molecule has 7 nitrogen and oxygen atoms in total. The van der Waals surface area contributed by atoms with E-state index >= 15 is 0 Å². The van der Waals surface area contributed by atoms with Crippen LogP contribution < -0.4 is 16.0 Å². The number of H-pyrrole nitrogens is 1. The van der Waals surface area contributed by atoms with Gasteiger partial charge in [-0.25, -0.2) is 15.0 Å². The maximum atomic E-state index is 5.97. The van der Waals surface area contributed by atoms with E-state index in [1.807, 2.05) is 18.1 Å². The summed E-state index contributed by atoms with van der Waals surface area (Å²) in [5, 5.41) is 3.18. The van der Waals surface area contributed by atoms with Crippen molar-refractivity contribution in [3.8, 4) is 11.6 Å². The van der Waals surface area contributed by atoms with E-state index in [0.717, 1.165) is 11.5 Å². The molecule has 0 spiro atoms. The predicted octanol–water partition coefficient (Wildman–Crippen LogP) is 1.15. The summed E-state index contributed by atoms with van der Waals surface area (Å²) >= 11 is 0. The predicted molar refractivity (Wildman–Crippen MR) is 72.9 cm³/mol. The Labute approximate surface area is 110 Å². The van der Waals surface area contributed by atoms with Gasteiger partial charge in [0.1, 0.15) is 5.69 Å². The Morgan fingerprint density at radius 3 is 3.00 bits per heavy atom. The summed E-state index contributed by atoms with van der Waals surface area (Å²) < 4.78 is 0.